The zero-order chi connectivity index (χ0) is 12.0. The number of halogens is 1. The van der Waals surface area contributed by atoms with E-state index in [0.29, 0.717) is 5.92 Å². The van der Waals surface area contributed by atoms with E-state index in [2.05, 4.69) is 58.4 Å². The van der Waals surface area contributed by atoms with E-state index in [9.17, 15) is 0 Å². The molecular formula is C12H20BrN3. The smallest absolute Gasteiger partial charge is 0.130 e. The third kappa shape index (κ3) is 4.49. The van der Waals surface area contributed by atoms with Crippen molar-refractivity contribution < 1.29 is 0 Å². The molecular weight excluding hydrogens is 266 g/mol. The molecule has 0 spiro atoms. The zero-order valence-corrected chi connectivity index (χ0v) is 11.8. The summed E-state index contributed by atoms with van der Waals surface area (Å²) >= 11 is 3.45. The van der Waals surface area contributed by atoms with Gasteiger partial charge in [-0.3, -0.25) is 0 Å². The van der Waals surface area contributed by atoms with E-state index in [1.54, 1.807) is 0 Å². The summed E-state index contributed by atoms with van der Waals surface area (Å²) in [6.07, 6.45) is 1.83. The van der Waals surface area contributed by atoms with Crippen LogP contribution in [0.15, 0.2) is 16.7 Å². The van der Waals surface area contributed by atoms with Gasteiger partial charge in [-0.25, -0.2) is 4.98 Å². The van der Waals surface area contributed by atoms with Gasteiger partial charge in [-0.05, 0) is 34.5 Å². The molecule has 16 heavy (non-hydrogen) atoms. The SMILES string of the molecule is CCNCc1cc(Br)cnc1NCC(C)C. The maximum absolute atomic E-state index is 4.41. The van der Waals surface area contributed by atoms with Crippen LogP contribution in [0.1, 0.15) is 26.3 Å². The van der Waals surface area contributed by atoms with Crippen LogP contribution < -0.4 is 10.6 Å². The fourth-order valence-corrected chi connectivity index (χ4v) is 1.71. The lowest BCUT2D eigenvalue weighted by molar-refractivity contribution is 0.682. The highest BCUT2D eigenvalue weighted by Crippen LogP contribution is 2.18. The van der Waals surface area contributed by atoms with Gasteiger partial charge in [-0.1, -0.05) is 20.8 Å². The summed E-state index contributed by atoms with van der Waals surface area (Å²) in [7, 11) is 0. The highest BCUT2D eigenvalue weighted by molar-refractivity contribution is 9.10. The molecule has 0 radical (unpaired) electrons. The molecule has 0 saturated carbocycles. The van der Waals surface area contributed by atoms with Crippen molar-refractivity contribution in [1.82, 2.24) is 10.3 Å². The maximum atomic E-state index is 4.41. The lowest BCUT2D eigenvalue weighted by Crippen LogP contribution is -2.16. The molecule has 0 aliphatic carbocycles. The van der Waals surface area contributed by atoms with Gasteiger partial charge in [0.15, 0.2) is 0 Å². The van der Waals surface area contributed by atoms with E-state index >= 15 is 0 Å². The van der Waals surface area contributed by atoms with Gasteiger partial charge in [-0.15, -0.1) is 0 Å². The molecule has 2 N–H and O–H groups in total. The monoisotopic (exact) mass is 285 g/mol. The first-order valence-corrected chi connectivity index (χ1v) is 6.51. The van der Waals surface area contributed by atoms with Crippen LogP contribution in [0.3, 0.4) is 0 Å². The van der Waals surface area contributed by atoms with Crippen molar-refractivity contribution in [3.05, 3.63) is 22.3 Å². The molecule has 0 fully saturated rings. The van der Waals surface area contributed by atoms with Gasteiger partial charge in [0, 0.05) is 29.3 Å². The van der Waals surface area contributed by atoms with Crippen LogP contribution in [0, 0.1) is 5.92 Å². The Hall–Kier alpha value is -0.610. The van der Waals surface area contributed by atoms with E-state index in [0.717, 1.165) is 29.9 Å². The highest BCUT2D eigenvalue weighted by atomic mass is 79.9. The minimum absolute atomic E-state index is 0.623. The molecule has 1 aromatic rings. The summed E-state index contributed by atoms with van der Waals surface area (Å²) in [5.74, 6) is 1.61. The molecule has 0 amide bonds. The topological polar surface area (TPSA) is 37.0 Å². The normalized spacial score (nSPS) is 10.8. The number of hydrogen-bond donors (Lipinski definition) is 2. The summed E-state index contributed by atoms with van der Waals surface area (Å²) < 4.78 is 1.02. The molecule has 90 valence electrons. The van der Waals surface area contributed by atoms with Crippen molar-refractivity contribution in [1.29, 1.82) is 0 Å². The Balaban J connectivity index is 2.72. The number of hydrogen-bond acceptors (Lipinski definition) is 3. The summed E-state index contributed by atoms with van der Waals surface area (Å²) in [5, 5.41) is 6.70. The second-order valence-corrected chi connectivity index (χ2v) is 5.13. The Kier molecular flexibility index (Phi) is 5.77. The van der Waals surface area contributed by atoms with Gasteiger partial charge < -0.3 is 10.6 Å². The predicted octanol–water partition coefficient (Wildman–Crippen LogP) is 3.02. The lowest BCUT2D eigenvalue weighted by atomic mass is 10.2. The van der Waals surface area contributed by atoms with Gasteiger partial charge in [0.25, 0.3) is 0 Å². The Morgan fingerprint density at radius 1 is 1.44 bits per heavy atom. The molecule has 4 heteroatoms. The molecule has 1 heterocycles. The molecule has 0 aliphatic heterocycles. The summed E-state index contributed by atoms with van der Waals surface area (Å²) in [5.41, 5.74) is 1.21. The Bertz CT molecular complexity index is 326. The Labute approximate surface area is 106 Å². The fraction of sp³-hybridized carbons (Fsp3) is 0.583. The molecule has 1 rings (SSSR count). The first-order chi connectivity index (χ1) is 7.63. The second kappa shape index (κ2) is 6.86. The van der Waals surface area contributed by atoms with E-state index in [-0.39, 0.29) is 0 Å². The van der Waals surface area contributed by atoms with Crippen LogP contribution in [-0.4, -0.2) is 18.1 Å². The number of nitrogens with one attached hydrogen (secondary N) is 2. The first-order valence-electron chi connectivity index (χ1n) is 5.72. The van der Waals surface area contributed by atoms with Crippen LogP contribution in [0.4, 0.5) is 5.82 Å². The summed E-state index contributed by atoms with van der Waals surface area (Å²) in [6.45, 7) is 9.26. The molecule has 1 aromatic heterocycles. The number of rotatable bonds is 6. The second-order valence-electron chi connectivity index (χ2n) is 4.22. The standard InChI is InChI=1S/C12H20BrN3/c1-4-14-7-10-5-11(13)8-16-12(10)15-6-9(2)3/h5,8-9,14H,4,6-7H2,1-3H3,(H,15,16). The van der Waals surface area contributed by atoms with E-state index in [1.807, 2.05) is 6.20 Å². The van der Waals surface area contributed by atoms with E-state index in [1.165, 1.54) is 5.56 Å². The fourth-order valence-electron chi connectivity index (χ4n) is 1.34. The predicted molar refractivity (Wildman–Crippen MR) is 72.6 cm³/mol. The largest absolute Gasteiger partial charge is 0.370 e. The van der Waals surface area contributed by atoms with E-state index in [4.69, 9.17) is 0 Å². The number of anilines is 1. The van der Waals surface area contributed by atoms with Gasteiger partial charge in [0.1, 0.15) is 5.82 Å². The average molecular weight is 286 g/mol. The van der Waals surface area contributed by atoms with Gasteiger partial charge >= 0.3 is 0 Å². The minimum Gasteiger partial charge on any atom is -0.370 e. The first kappa shape index (κ1) is 13.5. The molecule has 0 unspecified atom stereocenters. The molecule has 0 aromatic carbocycles. The molecule has 0 bridgehead atoms. The van der Waals surface area contributed by atoms with Crippen molar-refractivity contribution in [2.75, 3.05) is 18.4 Å². The zero-order valence-electron chi connectivity index (χ0n) is 10.2. The van der Waals surface area contributed by atoms with Crippen molar-refractivity contribution in [2.45, 2.75) is 27.3 Å². The van der Waals surface area contributed by atoms with Crippen molar-refractivity contribution >= 4 is 21.7 Å². The molecule has 0 atom stereocenters. The van der Waals surface area contributed by atoms with Crippen LogP contribution >= 0.6 is 15.9 Å². The Morgan fingerprint density at radius 2 is 2.19 bits per heavy atom. The van der Waals surface area contributed by atoms with Crippen LogP contribution in [0.25, 0.3) is 0 Å². The van der Waals surface area contributed by atoms with Crippen LogP contribution in [0.5, 0.6) is 0 Å². The highest BCUT2D eigenvalue weighted by Gasteiger charge is 2.04. The number of pyridine rings is 1. The lowest BCUT2D eigenvalue weighted by Gasteiger charge is -2.13. The van der Waals surface area contributed by atoms with Crippen LogP contribution in [0.2, 0.25) is 0 Å². The summed E-state index contributed by atoms with van der Waals surface area (Å²) in [4.78, 5) is 4.41. The van der Waals surface area contributed by atoms with E-state index < -0.39 is 0 Å². The third-order valence-electron chi connectivity index (χ3n) is 2.18. The Morgan fingerprint density at radius 3 is 2.81 bits per heavy atom. The quantitative estimate of drug-likeness (QED) is 0.844. The molecule has 3 nitrogen and oxygen atoms in total. The van der Waals surface area contributed by atoms with Crippen LogP contribution in [-0.2, 0) is 6.54 Å². The molecule has 0 aliphatic rings. The summed E-state index contributed by atoms with van der Waals surface area (Å²) in [6, 6.07) is 2.11. The van der Waals surface area contributed by atoms with Gasteiger partial charge in [0.2, 0.25) is 0 Å². The minimum atomic E-state index is 0.623. The van der Waals surface area contributed by atoms with Crippen molar-refractivity contribution in [3.63, 3.8) is 0 Å². The van der Waals surface area contributed by atoms with Gasteiger partial charge in [-0.2, -0.15) is 0 Å². The average Bonchev–Trinajstić information content (AvgIpc) is 2.24. The maximum Gasteiger partial charge on any atom is 0.130 e. The third-order valence-corrected chi connectivity index (χ3v) is 2.61. The van der Waals surface area contributed by atoms with Crippen molar-refractivity contribution in [3.8, 4) is 0 Å². The van der Waals surface area contributed by atoms with Gasteiger partial charge in [0.05, 0.1) is 0 Å². The number of nitrogens with zero attached hydrogens (tertiary/aromatic N) is 1. The molecule has 0 saturated heterocycles. The van der Waals surface area contributed by atoms with Crippen molar-refractivity contribution in [2.24, 2.45) is 5.92 Å². The number of aromatic nitrogens is 1.